The van der Waals surface area contributed by atoms with Crippen LogP contribution in [0.15, 0.2) is 18.2 Å². The number of rotatable bonds is 9. The molecule has 0 aliphatic rings. The van der Waals surface area contributed by atoms with Crippen LogP contribution in [0.3, 0.4) is 0 Å². The first kappa shape index (κ1) is 16.3. The van der Waals surface area contributed by atoms with Gasteiger partial charge in [0.05, 0.1) is 6.61 Å². The lowest BCUT2D eigenvalue weighted by Crippen LogP contribution is -2.05. The van der Waals surface area contributed by atoms with Crippen molar-refractivity contribution >= 4 is 6.16 Å². The number of unbranched alkanes of at least 4 members (excludes halogenated alkanes) is 3. The average molecular weight is 282 g/mol. The van der Waals surface area contributed by atoms with Gasteiger partial charge in [-0.3, -0.25) is 0 Å². The summed E-state index contributed by atoms with van der Waals surface area (Å²) < 4.78 is 9.98. The van der Waals surface area contributed by atoms with E-state index in [9.17, 15) is 9.90 Å². The Kier molecular flexibility index (Phi) is 7.50. The van der Waals surface area contributed by atoms with Crippen LogP contribution in [-0.4, -0.2) is 29.6 Å². The maximum atomic E-state index is 10.5. The number of carbonyl (C=O) groups is 1. The third kappa shape index (κ3) is 5.93. The zero-order valence-electron chi connectivity index (χ0n) is 11.8. The van der Waals surface area contributed by atoms with Gasteiger partial charge in [-0.25, -0.2) is 4.79 Å². The highest BCUT2D eigenvalue weighted by Gasteiger charge is 2.10. The summed E-state index contributed by atoms with van der Waals surface area (Å²) in [6.45, 7) is 3.37. The van der Waals surface area contributed by atoms with Gasteiger partial charge < -0.3 is 19.7 Å². The lowest BCUT2D eigenvalue weighted by Gasteiger charge is -2.09. The Morgan fingerprint density at radius 2 is 2.00 bits per heavy atom. The van der Waals surface area contributed by atoms with Crippen LogP contribution in [0.5, 0.6) is 11.5 Å². The van der Waals surface area contributed by atoms with Crippen molar-refractivity contribution in [3.63, 3.8) is 0 Å². The largest absolute Gasteiger partial charge is 0.511 e. The van der Waals surface area contributed by atoms with Crippen LogP contribution in [0.25, 0.3) is 0 Å². The van der Waals surface area contributed by atoms with Crippen LogP contribution in [0.4, 0.5) is 4.79 Å². The molecule has 0 aliphatic heterocycles. The number of phenolic OH excluding ortho intramolecular Hbond substituents is 1. The van der Waals surface area contributed by atoms with Crippen molar-refractivity contribution in [1.82, 2.24) is 0 Å². The number of para-hydroxylation sites is 1. The average Bonchev–Trinajstić information content (AvgIpc) is 2.41. The normalized spacial score (nSPS) is 10.4. The van der Waals surface area contributed by atoms with Gasteiger partial charge in [0.1, 0.15) is 0 Å². The van der Waals surface area contributed by atoms with Crippen LogP contribution in [0.2, 0.25) is 0 Å². The zero-order valence-corrected chi connectivity index (χ0v) is 11.8. The topological polar surface area (TPSA) is 76.0 Å². The van der Waals surface area contributed by atoms with Crippen LogP contribution in [0, 0.1) is 0 Å². The third-order valence-electron chi connectivity index (χ3n) is 2.94. The van der Waals surface area contributed by atoms with E-state index in [1.165, 1.54) is 25.3 Å². The van der Waals surface area contributed by atoms with Crippen LogP contribution >= 0.6 is 0 Å². The first-order valence-electron chi connectivity index (χ1n) is 6.94. The second-order valence-corrected chi connectivity index (χ2v) is 4.55. The Hall–Kier alpha value is -1.75. The molecule has 0 bridgehead atoms. The van der Waals surface area contributed by atoms with Gasteiger partial charge in [0.25, 0.3) is 0 Å². The molecule has 0 saturated heterocycles. The van der Waals surface area contributed by atoms with E-state index in [4.69, 9.17) is 9.84 Å². The molecular formula is C15H22O5. The molecule has 112 valence electrons. The van der Waals surface area contributed by atoms with Gasteiger partial charge in [0.15, 0.2) is 11.5 Å². The van der Waals surface area contributed by atoms with Gasteiger partial charge in [0.2, 0.25) is 0 Å². The summed E-state index contributed by atoms with van der Waals surface area (Å²) in [5, 5.41) is 18.4. The second-order valence-electron chi connectivity index (χ2n) is 4.55. The number of carboxylic acid groups (broad SMARTS) is 1. The molecular weight excluding hydrogens is 260 g/mol. The molecule has 0 heterocycles. The van der Waals surface area contributed by atoms with Crippen molar-refractivity contribution in [3.05, 3.63) is 23.8 Å². The Morgan fingerprint density at radius 1 is 1.20 bits per heavy atom. The molecule has 2 N–H and O–H groups in total. The van der Waals surface area contributed by atoms with Crippen molar-refractivity contribution in [3.8, 4) is 11.5 Å². The molecule has 0 radical (unpaired) electrons. The standard InChI is InChI=1S/C15H22O5/c1-2-3-4-5-10-19-11-9-12-7-6-8-13(14(12)16)20-15(17)18/h6-8,16H,2-5,9-11H2,1H3,(H,17,18). The Balaban J connectivity index is 2.35. The molecule has 0 unspecified atom stereocenters. The van der Waals surface area contributed by atoms with Crippen LogP contribution in [-0.2, 0) is 11.2 Å². The van der Waals surface area contributed by atoms with Crippen molar-refractivity contribution in [2.24, 2.45) is 0 Å². The van der Waals surface area contributed by atoms with Gasteiger partial charge in [-0.1, -0.05) is 38.3 Å². The first-order chi connectivity index (χ1) is 9.65. The van der Waals surface area contributed by atoms with Crippen molar-refractivity contribution in [2.75, 3.05) is 13.2 Å². The highest BCUT2D eigenvalue weighted by Crippen LogP contribution is 2.30. The predicted molar refractivity (Wildman–Crippen MR) is 75.4 cm³/mol. The van der Waals surface area contributed by atoms with Gasteiger partial charge in [-0.05, 0) is 18.9 Å². The van der Waals surface area contributed by atoms with E-state index in [2.05, 4.69) is 11.7 Å². The highest BCUT2D eigenvalue weighted by molar-refractivity contribution is 5.63. The molecule has 0 aliphatic carbocycles. The molecule has 0 spiro atoms. The number of phenols is 1. The zero-order chi connectivity index (χ0) is 14.8. The number of hydrogen-bond acceptors (Lipinski definition) is 4. The van der Waals surface area contributed by atoms with E-state index in [0.717, 1.165) is 6.42 Å². The minimum Gasteiger partial charge on any atom is -0.504 e. The molecule has 5 heteroatoms. The van der Waals surface area contributed by atoms with E-state index >= 15 is 0 Å². The fourth-order valence-electron chi connectivity index (χ4n) is 1.86. The Labute approximate surface area is 119 Å². The lowest BCUT2D eigenvalue weighted by atomic mass is 10.1. The summed E-state index contributed by atoms with van der Waals surface area (Å²) in [4.78, 5) is 10.5. The second kappa shape index (κ2) is 9.20. The minimum absolute atomic E-state index is 0.0436. The number of benzene rings is 1. The summed E-state index contributed by atoms with van der Waals surface area (Å²) in [6.07, 6.45) is 3.72. The summed E-state index contributed by atoms with van der Waals surface area (Å²) in [6, 6.07) is 4.79. The molecule has 0 aromatic heterocycles. The minimum atomic E-state index is -1.44. The molecule has 1 aromatic rings. The van der Waals surface area contributed by atoms with Crippen molar-refractivity contribution < 1.29 is 24.5 Å². The third-order valence-corrected chi connectivity index (χ3v) is 2.94. The van der Waals surface area contributed by atoms with Gasteiger partial charge >= 0.3 is 6.16 Å². The molecule has 0 fully saturated rings. The molecule has 0 atom stereocenters. The van der Waals surface area contributed by atoms with Gasteiger partial charge in [-0.15, -0.1) is 0 Å². The maximum absolute atomic E-state index is 10.5. The van der Waals surface area contributed by atoms with Crippen LogP contribution in [0.1, 0.15) is 38.2 Å². The predicted octanol–water partition coefficient (Wildman–Crippen LogP) is 3.59. The fourth-order valence-corrected chi connectivity index (χ4v) is 1.86. The van der Waals surface area contributed by atoms with E-state index in [-0.39, 0.29) is 11.5 Å². The van der Waals surface area contributed by atoms with Crippen molar-refractivity contribution in [1.29, 1.82) is 0 Å². The van der Waals surface area contributed by atoms with E-state index in [1.807, 2.05) is 0 Å². The first-order valence-corrected chi connectivity index (χ1v) is 6.94. The van der Waals surface area contributed by atoms with Gasteiger partial charge in [0, 0.05) is 12.2 Å². The monoisotopic (exact) mass is 282 g/mol. The molecule has 0 saturated carbocycles. The lowest BCUT2D eigenvalue weighted by molar-refractivity contribution is 0.132. The SMILES string of the molecule is CCCCCCOCCc1cccc(OC(=O)O)c1O. The van der Waals surface area contributed by atoms with Crippen molar-refractivity contribution in [2.45, 2.75) is 39.0 Å². The fraction of sp³-hybridized carbons (Fsp3) is 0.533. The van der Waals surface area contributed by atoms with Gasteiger partial charge in [-0.2, -0.15) is 0 Å². The summed E-state index contributed by atoms with van der Waals surface area (Å²) in [7, 11) is 0. The van der Waals surface area contributed by atoms with E-state index < -0.39 is 6.16 Å². The number of hydrogen-bond donors (Lipinski definition) is 2. The molecule has 1 rings (SSSR count). The number of ether oxygens (including phenoxy) is 2. The number of aromatic hydroxyl groups is 1. The molecule has 20 heavy (non-hydrogen) atoms. The summed E-state index contributed by atoms with van der Waals surface area (Å²) in [5.74, 6) is -0.178. The molecule has 1 aromatic carbocycles. The Morgan fingerprint density at radius 3 is 2.70 bits per heavy atom. The summed E-state index contributed by atoms with van der Waals surface area (Å²) in [5.41, 5.74) is 0.623. The maximum Gasteiger partial charge on any atom is 0.511 e. The molecule has 0 amide bonds. The smallest absolute Gasteiger partial charge is 0.504 e. The summed E-state index contributed by atoms with van der Waals surface area (Å²) >= 11 is 0. The van der Waals surface area contributed by atoms with Crippen LogP contribution < -0.4 is 4.74 Å². The highest BCUT2D eigenvalue weighted by atomic mass is 16.7. The van der Waals surface area contributed by atoms with E-state index in [1.54, 1.807) is 12.1 Å². The van der Waals surface area contributed by atoms with E-state index in [0.29, 0.717) is 25.2 Å². The quantitative estimate of drug-likeness (QED) is 0.411. The Bertz CT molecular complexity index is 417. The molecule has 5 nitrogen and oxygen atoms in total.